The number of methoxy groups -OCH3 is 1. The monoisotopic (exact) mass is 683 g/mol. The van der Waals surface area contributed by atoms with Gasteiger partial charge in [0.2, 0.25) is 17.7 Å². The van der Waals surface area contributed by atoms with Crippen LogP contribution in [-0.2, 0) is 30.5 Å². The molecule has 6 rings (SSSR count). The first-order chi connectivity index (χ1) is 22.9. The smallest absolute Gasteiger partial charge is 0.265 e. The number of likely N-dealkylation sites (tertiary alicyclic amines) is 3. The van der Waals surface area contributed by atoms with Crippen molar-refractivity contribution in [1.82, 2.24) is 25.0 Å². The van der Waals surface area contributed by atoms with Crippen molar-refractivity contribution in [2.24, 2.45) is 28.6 Å². The second-order valence-corrected chi connectivity index (χ2v) is 15.7. The number of aromatic nitrogens is 1. The molecule has 1 aliphatic carbocycles. The molecule has 5 atom stereocenters. The largest absolute Gasteiger partial charge is 0.384 e. The Kier molecular flexibility index (Phi) is 9.93. The van der Waals surface area contributed by atoms with Crippen molar-refractivity contribution < 1.29 is 33.0 Å². The summed E-state index contributed by atoms with van der Waals surface area (Å²) in [6.45, 7) is 8.81. The average molecular weight is 684 g/mol. The number of benzene rings is 1. The van der Waals surface area contributed by atoms with Crippen molar-refractivity contribution >= 4 is 35.0 Å². The molecule has 0 bridgehead atoms. The number of ether oxygens (including phenoxy) is 2. The summed E-state index contributed by atoms with van der Waals surface area (Å²) < 4.78 is 25.4. The lowest BCUT2D eigenvalue weighted by Crippen LogP contribution is -2.65. The van der Waals surface area contributed by atoms with Gasteiger partial charge in [-0.05, 0) is 55.2 Å². The van der Waals surface area contributed by atoms with Gasteiger partial charge in [0, 0.05) is 57.7 Å². The SMILES string of the molecule is COC[C@H]1CCCN(C(=O)[C@@H](NC(=O)[C@@H]2CN(C(=O)c3cncs3)CC23CN(C(=O)[C@H]2CC2(C)C)C3)[C@@H](C)OCc2cccc(F)c2)C1. The fraction of sp³-hybridized carbons (Fsp3) is 0.629. The van der Waals surface area contributed by atoms with Crippen LogP contribution in [0.3, 0.4) is 0 Å². The van der Waals surface area contributed by atoms with E-state index in [1.165, 1.54) is 29.7 Å². The van der Waals surface area contributed by atoms with Gasteiger partial charge in [-0.3, -0.25) is 24.2 Å². The molecule has 1 spiro atoms. The van der Waals surface area contributed by atoms with Gasteiger partial charge in [-0.1, -0.05) is 26.0 Å². The average Bonchev–Trinajstić information content (AvgIpc) is 3.40. The molecule has 3 saturated heterocycles. The van der Waals surface area contributed by atoms with Gasteiger partial charge in [0.05, 0.1) is 36.9 Å². The second-order valence-electron chi connectivity index (χ2n) is 14.8. The van der Waals surface area contributed by atoms with Crippen LogP contribution in [0.2, 0.25) is 0 Å². The molecule has 4 amide bonds. The minimum atomic E-state index is -1.01. The third kappa shape index (κ3) is 7.13. The molecule has 1 saturated carbocycles. The Bertz CT molecular complexity index is 1510. The van der Waals surface area contributed by atoms with E-state index in [-0.39, 0.29) is 59.8 Å². The van der Waals surface area contributed by atoms with Crippen LogP contribution in [0.5, 0.6) is 0 Å². The summed E-state index contributed by atoms with van der Waals surface area (Å²) in [5.41, 5.74) is 1.56. The maximum absolute atomic E-state index is 14.4. The van der Waals surface area contributed by atoms with Crippen molar-refractivity contribution in [2.75, 3.05) is 53.0 Å². The number of thiazole rings is 1. The van der Waals surface area contributed by atoms with Crippen LogP contribution in [-0.4, -0.2) is 108 Å². The number of nitrogens with one attached hydrogen (secondary N) is 1. The van der Waals surface area contributed by atoms with Gasteiger partial charge in [-0.2, -0.15) is 0 Å². The third-order valence-corrected chi connectivity index (χ3v) is 11.5. The molecular formula is C35H46FN5O6S. The lowest BCUT2D eigenvalue weighted by molar-refractivity contribution is -0.153. The Morgan fingerprint density at radius 2 is 1.85 bits per heavy atom. The quantitative estimate of drug-likeness (QED) is 0.386. The van der Waals surface area contributed by atoms with Crippen molar-refractivity contribution in [1.29, 1.82) is 0 Å². The van der Waals surface area contributed by atoms with Crippen molar-refractivity contribution in [3.63, 3.8) is 0 Å². The van der Waals surface area contributed by atoms with Crippen LogP contribution in [0.25, 0.3) is 0 Å². The highest BCUT2D eigenvalue weighted by Gasteiger charge is 2.62. The first kappa shape index (κ1) is 34.4. The van der Waals surface area contributed by atoms with Crippen LogP contribution in [0, 0.1) is 34.4 Å². The molecule has 4 heterocycles. The number of hydrogen-bond acceptors (Lipinski definition) is 8. The number of halogens is 1. The molecule has 48 heavy (non-hydrogen) atoms. The van der Waals surface area contributed by atoms with Crippen LogP contribution < -0.4 is 5.32 Å². The molecule has 4 aliphatic rings. The first-order valence-corrected chi connectivity index (χ1v) is 17.7. The van der Waals surface area contributed by atoms with Gasteiger partial charge in [-0.15, -0.1) is 11.3 Å². The van der Waals surface area contributed by atoms with Crippen LogP contribution >= 0.6 is 11.3 Å². The fourth-order valence-corrected chi connectivity index (χ4v) is 8.27. The van der Waals surface area contributed by atoms with Gasteiger partial charge >= 0.3 is 0 Å². The third-order valence-electron chi connectivity index (χ3n) is 10.7. The van der Waals surface area contributed by atoms with Crippen molar-refractivity contribution in [2.45, 2.75) is 58.8 Å². The van der Waals surface area contributed by atoms with E-state index in [1.54, 1.807) is 41.5 Å². The second kappa shape index (κ2) is 13.8. The van der Waals surface area contributed by atoms with Crippen LogP contribution in [0.4, 0.5) is 4.39 Å². The molecule has 0 unspecified atom stereocenters. The summed E-state index contributed by atoms with van der Waals surface area (Å²) in [5, 5.41) is 3.05. The summed E-state index contributed by atoms with van der Waals surface area (Å²) in [6, 6.07) is 5.07. The van der Waals surface area contributed by atoms with Crippen LogP contribution in [0.1, 0.15) is 55.3 Å². The Morgan fingerprint density at radius 1 is 1.10 bits per heavy atom. The fourth-order valence-electron chi connectivity index (χ4n) is 7.68. The zero-order chi connectivity index (χ0) is 34.2. The molecule has 2 aromatic rings. The molecule has 11 nitrogen and oxygen atoms in total. The molecule has 1 aromatic carbocycles. The molecule has 4 fully saturated rings. The number of rotatable bonds is 11. The van der Waals surface area contributed by atoms with Crippen molar-refractivity contribution in [3.8, 4) is 0 Å². The van der Waals surface area contributed by atoms with Gasteiger partial charge in [0.1, 0.15) is 16.7 Å². The highest BCUT2D eigenvalue weighted by molar-refractivity contribution is 7.11. The van der Waals surface area contributed by atoms with Gasteiger partial charge in [0.15, 0.2) is 0 Å². The number of piperidine rings is 1. The predicted molar refractivity (Wildman–Crippen MR) is 176 cm³/mol. The number of nitrogens with zero attached hydrogens (tertiary/aromatic N) is 4. The van der Waals surface area contributed by atoms with E-state index in [4.69, 9.17) is 9.47 Å². The minimum absolute atomic E-state index is 0.0214. The standard InChI is InChI=1S/C35H46FN5O6S/c1-22(47-17-23-7-5-9-25(36)11-23)29(33(45)39-10-6-8-24(14-39)16-46-4)38-30(42)27-15-40(32(44)28-13-37-21-48-28)18-35(27)19-41(20-35)31(43)26-12-34(26,2)3/h5,7,9,11,13,21-22,24,26-27,29H,6,8,10,12,14-20H2,1-4H3,(H,38,42)/t22-,24+,26-,27+,29+/m1/s1. The number of amides is 4. The number of carbonyl (C=O) groups excluding carboxylic acids is 4. The van der Waals surface area contributed by atoms with E-state index < -0.39 is 23.5 Å². The molecule has 260 valence electrons. The maximum atomic E-state index is 14.4. The highest BCUT2D eigenvalue weighted by Crippen LogP contribution is 2.54. The topological polar surface area (TPSA) is 121 Å². The van der Waals surface area contributed by atoms with E-state index in [2.05, 4.69) is 24.1 Å². The zero-order valence-electron chi connectivity index (χ0n) is 28.2. The molecule has 13 heteroatoms. The summed E-state index contributed by atoms with van der Waals surface area (Å²) >= 11 is 1.25. The zero-order valence-corrected chi connectivity index (χ0v) is 29.0. The van der Waals surface area contributed by atoms with Gasteiger partial charge in [-0.25, -0.2) is 4.39 Å². The van der Waals surface area contributed by atoms with E-state index in [0.29, 0.717) is 49.8 Å². The molecule has 3 aliphatic heterocycles. The lowest BCUT2D eigenvalue weighted by atomic mass is 9.70. The molecule has 1 aromatic heterocycles. The van der Waals surface area contributed by atoms with E-state index >= 15 is 0 Å². The number of hydrogen-bond donors (Lipinski definition) is 1. The maximum Gasteiger partial charge on any atom is 0.265 e. The molecule has 1 N–H and O–H groups in total. The summed E-state index contributed by atoms with van der Waals surface area (Å²) in [6.07, 6.45) is 3.40. The molecular weight excluding hydrogens is 637 g/mol. The Labute approximate surface area is 285 Å². The Morgan fingerprint density at radius 3 is 2.52 bits per heavy atom. The highest BCUT2D eigenvalue weighted by atomic mass is 32.1. The minimum Gasteiger partial charge on any atom is -0.384 e. The summed E-state index contributed by atoms with van der Waals surface area (Å²) in [4.78, 5) is 65.1. The van der Waals surface area contributed by atoms with Crippen LogP contribution in [0.15, 0.2) is 36.0 Å². The normalized spacial score (nSPS) is 25.4. The van der Waals surface area contributed by atoms with E-state index in [1.807, 2.05) is 4.90 Å². The Balaban J connectivity index is 1.21. The predicted octanol–water partition coefficient (Wildman–Crippen LogP) is 3.20. The van der Waals surface area contributed by atoms with Crippen molar-refractivity contribution in [3.05, 3.63) is 52.2 Å². The summed E-state index contributed by atoms with van der Waals surface area (Å²) in [5.74, 6) is -1.56. The Hall–Kier alpha value is -3.42. The molecule has 0 radical (unpaired) electrons. The first-order valence-electron chi connectivity index (χ1n) is 16.8. The van der Waals surface area contributed by atoms with Gasteiger partial charge in [0.25, 0.3) is 5.91 Å². The summed E-state index contributed by atoms with van der Waals surface area (Å²) in [7, 11) is 1.65. The lowest BCUT2D eigenvalue weighted by Gasteiger charge is -2.50. The number of carbonyl (C=O) groups is 4. The van der Waals surface area contributed by atoms with Gasteiger partial charge < -0.3 is 29.5 Å². The van der Waals surface area contributed by atoms with E-state index in [9.17, 15) is 23.6 Å². The van der Waals surface area contributed by atoms with E-state index in [0.717, 1.165) is 19.3 Å².